The molecule has 10 heteroatoms. The highest BCUT2D eigenvalue weighted by molar-refractivity contribution is 7.96. The van der Waals surface area contributed by atoms with Crippen molar-refractivity contribution in [3.63, 3.8) is 0 Å². The van der Waals surface area contributed by atoms with Gasteiger partial charge >= 0.3 is 6.09 Å². The fourth-order valence-electron chi connectivity index (χ4n) is 3.26. The van der Waals surface area contributed by atoms with E-state index in [0.29, 0.717) is 0 Å². The Balaban J connectivity index is 1.79. The number of rotatable bonds is 6. The highest BCUT2D eigenvalue weighted by Crippen LogP contribution is 2.44. The van der Waals surface area contributed by atoms with Crippen molar-refractivity contribution in [2.24, 2.45) is 0 Å². The highest BCUT2D eigenvalue weighted by atomic mass is 32.2. The molecule has 2 aromatic rings. The average molecular weight is 468 g/mol. The van der Waals surface area contributed by atoms with Crippen molar-refractivity contribution in [3.8, 4) is 5.75 Å². The Kier molecular flexibility index (Phi) is 6.33. The molecule has 8 nitrogen and oxygen atoms in total. The molecular weight excluding hydrogens is 442 g/mol. The minimum atomic E-state index is -3.90. The third kappa shape index (κ3) is 5.19. The fraction of sp³-hybridized carbons (Fsp3) is 0.381. The summed E-state index contributed by atoms with van der Waals surface area (Å²) in [6.07, 6.45) is -0.615. The third-order valence-electron chi connectivity index (χ3n) is 4.51. The van der Waals surface area contributed by atoms with Crippen LogP contribution in [-0.4, -0.2) is 47.4 Å². The summed E-state index contributed by atoms with van der Waals surface area (Å²) in [6.45, 7) is 5.29. The standard InChI is InChI=1S/C21H25NO7S2/c1-21(2,3)29-20(23)22-12-13-28-17-11-7-10-16-18(14-30(24,25)19(16)17)31(26,27)15-8-5-4-6-9-15/h4-11,18H,12-14H2,1-3H3,(H,22,23). The van der Waals surface area contributed by atoms with Crippen molar-refractivity contribution in [1.29, 1.82) is 0 Å². The molecule has 168 valence electrons. The molecule has 3 rings (SSSR count). The zero-order chi connectivity index (χ0) is 22.9. The predicted molar refractivity (Wildman–Crippen MR) is 115 cm³/mol. The van der Waals surface area contributed by atoms with Crippen molar-refractivity contribution < 1.29 is 31.1 Å². The minimum Gasteiger partial charge on any atom is -0.490 e. The van der Waals surface area contributed by atoms with Gasteiger partial charge in [0.1, 0.15) is 28.1 Å². The number of ether oxygens (including phenoxy) is 2. The molecule has 1 amide bonds. The molecule has 0 spiro atoms. The zero-order valence-corrected chi connectivity index (χ0v) is 19.1. The molecule has 0 saturated heterocycles. The number of carbonyl (C=O) groups excluding carboxylic acids is 1. The van der Waals surface area contributed by atoms with E-state index >= 15 is 0 Å². The van der Waals surface area contributed by atoms with Crippen molar-refractivity contribution in [2.75, 3.05) is 18.9 Å². The first-order valence-electron chi connectivity index (χ1n) is 9.66. The molecule has 1 atom stereocenters. The van der Waals surface area contributed by atoms with Crippen LogP contribution < -0.4 is 10.1 Å². The van der Waals surface area contributed by atoms with Crippen molar-refractivity contribution in [1.82, 2.24) is 5.32 Å². The summed E-state index contributed by atoms with van der Waals surface area (Å²) in [5.41, 5.74) is -0.445. The van der Waals surface area contributed by atoms with Crippen LogP contribution in [0.25, 0.3) is 0 Å². The summed E-state index contributed by atoms with van der Waals surface area (Å²) in [6, 6.07) is 12.3. The van der Waals surface area contributed by atoms with Crippen LogP contribution in [0.15, 0.2) is 58.3 Å². The summed E-state index contributed by atoms with van der Waals surface area (Å²) in [4.78, 5) is 11.6. The molecule has 1 heterocycles. The number of amides is 1. The van der Waals surface area contributed by atoms with Crippen LogP contribution in [-0.2, 0) is 24.4 Å². The molecule has 0 bridgehead atoms. The van der Waals surface area contributed by atoms with Gasteiger partial charge in [-0.25, -0.2) is 21.6 Å². The second-order valence-corrected chi connectivity index (χ2v) is 12.2. The van der Waals surface area contributed by atoms with E-state index in [2.05, 4.69) is 5.32 Å². The molecule has 1 N–H and O–H groups in total. The maximum absolute atomic E-state index is 13.1. The van der Waals surface area contributed by atoms with E-state index < -0.39 is 42.4 Å². The average Bonchev–Trinajstić information content (AvgIpc) is 2.97. The Morgan fingerprint density at radius 3 is 2.42 bits per heavy atom. The fourth-order valence-corrected chi connectivity index (χ4v) is 7.74. The van der Waals surface area contributed by atoms with E-state index in [4.69, 9.17) is 9.47 Å². The maximum Gasteiger partial charge on any atom is 0.407 e. The van der Waals surface area contributed by atoms with Gasteiger partial charge in [-0.15, -0.1) is 0 Å². The van der Waals surface area contributed by atoms with Crippen LogP contribution in [0, 0.1) is 0 Å². The second-order valence-electron chi connectivity index (χ2n) is 8.08. The Morgan fingerprint density at radius 2 is 1.77 bits per heavy atom. The van der Waals surface area contributed by atoms with Gasteiger partial charge in [0.15, 0.2) is 19.7 Å². The van der Waals surface area contributed by atoms with E-state index in [1.165, 1.54) is 24.3 Å². The first kappa shape index (κ1) is 23.1. The van der Waals surface area contributed by atoms with E-state index in [0.717, 1.165) is 0 Å². The first-order valence-corrected chi connectivity index (χ1v) is 12.9. The van der Waals surface area contributed by atoms with E-state index in [9.17, 15) is 21.6 Å². The van der Waals surface area contributed by atoms with Gasteiger partial charge in [-0.2, -0.15) is 0 Å². The number of nitrogens with one attached hydrogen (secondary N) is 1. The Labute approximate surface area is 182 Å². The van der Waals surface area contributed by atoms with Gasteiger partial charge in [-0.05, 0) is 44.5 Å². The Hall–Kier alpha value is -2.59. The van der Waals surface area contributed by atoms with Crippen LogP contribution >= 0.6 is 0 Å². The summed E-state index contributed by atoms with van der Waals surface area (Å²) < 4.78 is 62.5. The Morgan fingerprint density at radius 1 is 1.10 bits per heavy atom. The normalized spacial score (nSPS) is 17.6. The molecule has 31 heavy (non-hydrogen) atoms. The molecule has 0 aromatic heterocycles. The number of fused-ring (bicyclic) bond motifs is 1. The van der Waals surface area contributed by atoms with Gasteiger partial charge in [0, 0.05) is 0 Å². The van der Waals surface area contributed by atoms with E-state index in [-0.39, 0.29) is 34.3 Å². The summed E-state index contributed by atoms with van der Waals surface area (Å²) >= 11 is 0. The smallest absolute Gasteiger partial charge is 0.407 e. The minimum absolute atomic E-state index is 0.0126. The van der Waals surface area contributed by atoms with Crippen LogP contribution in [0.1, 0.15) is 31.6 Å². The van der Waals surface area contributed by atoms with E-state index in [1.807, 2.05) is 0 Å². The van der Waals surface area contributed by atoms with Crippen LogP contribution in [0.5, 0.6) is 5.75 Å². The molecule has 0 aliphatic carbocycles. The van der Waals surface area contributed by atoms with Crippen LogP contribution in [0.3, 0.4) is 0 Å². The van der Waals surface area contributed by atoms with Gasteiger partial charge in [0.05, 0.1) is 17.2 Å². The second kappa shape index (κ2) is 8.51. The van der Waals surface area contributed by atoms with Gasteiger partial charge < -0.3 is 14.8 Å². The monoisotopic (exact) mass is 467 g/mol. The van der Waals surface area contributed by atoms with Crippen molar-refractivity contribution in [3.05, 3.63) is 54.1 Å². The van der Waals surface area contributed by atoms with Gasteiger partial charge in [-0.3, -0.25) is 0 Å². The lowest BCUT2D eigenvalue weighted by Crippen LogP contribution is -2.34. The Bertz CT molecular complexity index is 1170. The number of sulfone groups is 2. The number of hydrogen-bond donors (Lipinski definition) is 1. The number of benzene rings is 2. The quantitative estimate of drug-likeness (QED) is 0.650. The van der Waals surface area contributed by atoms with Gasteiger partial charge in [0.25, 0.3) is 0 Å². The summed E-state index contributed by atoms with van der Waals surface area (Å²) in [5, 5.41) is 1.31. The van der Waals surface area contributed by atoms with Gasteiger partial charge in [-0.1, -0.05) is 30.3 Å². The molecular formula is C21H25NO7S2. The lowest BCUT2D eigenvalue weighted by Gasteiger charge is -2.19. The largest absolute Gasteiger partial charge is 0.490 e. The zero-order valence-electron chi connectivity index (χ0n) is 17.5. The van der Waals surface area contributed by atoms with Gasteiger partial charge in [0.2, 0.25) is 0 Å². The molecule has 0 fully saturated rings. The van der Waals surface area contributed by atoms with E-state index in [1.54, 1.807) is 45.0 Å². The highest BCUT2D eigenvalue weighted by Gasteiger charge is 2.44. The lowest BCUT2D eigenvalue weighted by atomic mass is 10.1. The molecule has 1 aliphatic rings. The number of hydrogen-bond acceptors (Lipinski definition) is 7. The van der Waals surface area contributed by atoms with Crippen molar-refractivity contribution in [2.45, 2.75) is 41.4 Å². The lowest BCUT2D eigenvalue weighted by molar-refractivity contribution is 0.0520. The first-order chi connectivity index (χ1) is 14.4. The van der Waals surface area contributed by atoms with Crippen LogP contribution in [0.4, 0.5) is 4.79 Å². The SMILES string of the molecule is CC(C)(C)OC(=O)NCCOc1cccc2c1S(=O)(=O)CC2S(=O)(=O)c1ccccc1. The maximum atomic E-state index is 13.1. The number of alkyl carbamates (subject to hydrolysis) is 1. The molecule has 1 unspecified atom stereocenters. The number of carbonyl (C=O) groups is 1. The summed E-state index contributed by atoms with van der Waals surface area (Å²) in [5.74, 6) is -0.481. The summed E-state index contributed by atoms with van der Waals surface area (Å²) in [7, 11) is -7.77. The van der Waals surface area contributed by atoms with Crippen molar-refractivity contribution >= 4 is 25.8 Å². The third-order valence-corrected chi connectivity index (χ3v) is 8.65. The molecule has 2 aromatic carbocycles. The predicted octanol–water partition coefficient (Wildman–Crippen LogP) is 2.89. The molecule has 1 aliphatic heterocycles. The van der Waals surface area contributed by atoms with Crippen LogP contribution in [0.2, 0.25) is 0 Å². The molecule has 0 saturated carbocycles. The topological polar surface area (TPSA) is 116 Å². The molecule has 0 radical (unpaired) electrons.